The third-order valence-corrected chi connectivity index (χ3v) is 2.91. The normalized spacial score (nSPS) is 10.5. The van der Waals surface area contributed by atoms with Gasteiger partial charge in [-0.3, -0.25) is 19.7 Å². The van der Waals surface area contributed by atoms with Gasteiger partial charge in [-0.2, -0.15) is 0 Å². The second-order valence-corrected chi connectivity index (χ2v) is 4.64. The molecule has 0 N–H and O–H groups in total. The number of allylic oxidation sites excluding steroid dienone is 1. The van der Waals surface area contributed by atoms with Gasteiger partial charge in [0.15, 0.2) is 5.78 Å². The maximum Gasteiger partial charge on any atom is 0.308 e. The van der Waals surface area contributed by atoms with Crippen LogP contribution in [0.2, 0.25) is 0 Å². The van der Waals surface area contributed by atoms with E-state index in [0.29, 0.717) is 5.56 Å². The molecule has 2 aromatic carbocycles. The molecule has 2 aromatic rings. The molecule has 0 spiro atoms. The summed E-state index contributed by atoms with van der Waals surface area (Å²) in [5.41, 5.74) is 0.710. The Balaban J connectivity index is 2.24. The molecule has 0 aliphatic heterocycles. The molecule has 0 heterocycles. The smallest absolute Gasteiger partial charge is 0.308 e. The summed E-state index contributed by atoms with van der Waals surface area (Å²) in [5, 5.41) is 10.7. The van der Waals surface area contributed by atoms with E-state index in [2.05, 4.69) is 0 Å². The number of esters is 1. The van der Waals surface area contributed by atoms with Crippen molar-refractivity contribution in [2.75, 3.05) is 0 Å². The monoisotopic (exact) mass is 311 g/mol. The zero-order valence-corrected chi connectivity index (χ0v) is 12.3. The van der Waals surface area contributed by atoms with Crippen molar-refractivity contribution in [2.45, 2.75) is 6.92 Å². The molecule has 0 bridgehead atoms. The Kier molecular flexibility index (Phi) is 4.99. The van der Waals surface area contributed by atoms with Crippen LogP contribution in [0.4, 0.5) is 5.69 Å². The van der Waals surface area contributed by atoms with E-state index < -0.39 is 10.9 Å². The number of benzene rings is 2. The maximum atomic E-state index is 12.2. The number of hydrogen-bond donors (Lipinski definition) is 0. The van der Waals surface area contributed by atoms with Gasteiger partial charge >= 0.3 is 5.97 Å². The minimum absolute atomic E-state index is 0.0556. The number of para-hydroxylation sites is 1. The molecule has 0 atom stereocenters. The van der Waals surface area contributed by atoms with Crippen LogP contribution < -0.4 is 4.74 Å². The van der Waals surface area contributed by atoms with Crippen LogP contribution in [0, 0.1) is 10.1 Å². The molecule has 0 amide bonds. The van der Waals surface area contributed by atoms with Crippen LogP contribution in [0.3, 0.4) is 0 Å². The van der Waals surface area contributed by atoms with Crippen LogP contribution in [0.5, 0.6) is 5.75 Å². The van der Waals surface area contributed by atoms with Crippen LogP contribution in [0.1, 0.15) is 22.8 Å². The van der Waals surface area contributed by atoms with Crippen molar-refractivity contribution in [3.8, 4) is 5.75 Å². The minimum Gasteiger partial charge on any atom is -0.426 e. The second-order valence-electron chi connectivity index (χ2n) is 4.64. The average Bonchev–Trinajstić information content (AvgIpc) is 2.53. The molecule has 0 aromatic heterocycles. The Bertz CT molecular complexity index is 795. The van der Waals surface area contributed by atoms with Crippen molar-refractivity contribution in [1.29, 1.82) is 0 Å². The van der Waals surface area contributed by atoms with Gasteiger partial charge in [-0.25, -0.2) is 0 Å². The van der Waals surface area contributed by atoms with Gasteiger partial charge in [-0.05, 0) is 23.8 Å². The molecule has 0 saturated heterocycles. The van der Waals surface area contributed by atoms with Gasteiger partial charge in [0.25, 0.3) is 5.69 Å². The molecule has 0 fully saturated rings. The van der Waals surface area contributed by atoms with Crippen molar-refractivity contribution in [1.82, 2.24) is 0 Å². The number of rotatable bonds is 5. The third kappa shape index (κ3) is 4.34. The van der Waals surface area contributed by atoms with Crippen molar-refractivity contribution < 1.29 is 19.2 Å². The Labute approximate surface area is 132 Å². The molecule has 6 heteroatoms. The number of nitro benzene ring substituents is 1. The van der Waals surface area contributed by atoms with E-state index >= 15 is 0 Å². The van der Waals surface area contributed by atoms with Gasteiger partial charge in [-0.15, -0.1) is 0 Å². The second kappa shape index (κ2) is 7.13. The predicted octanol–water partition coefficient (Wildman–Crippen LogP) is 3.42. The molecule has 6 nitrogen and oxygen atoms in total. The maximum absolute atomic E-state index is 12.2. The van der Waals surface area contributed by atoms with Crippen LogP contribution in [-0.2, 0) is 4.79 Å². The SMILES string of the molecule is CC(=O)Oc1ccccc1C(=O)/C=C/c1cccc([N+](=O)[O-])c1. The first-order chi connectivity index (χ1) is 11.0. The number of carbonyl (C=O) groups excluding carboxylic acids is 2. The van der Waals surface area contributed by atoms with E-state index in [1.165, 1.54) is 43.3 Å². The number of carbonyl (C=O) groups is 2. The highest BCUT2D eigenvalue weighted by molar-refractivity contribution is 6.08. The van der Waals surface area contributed by atoms with E-state index in [-0.39, 0.29) is 22.8 Å². The summed E-state index contributed by atoms with van der Waals surface area (Å²) in [6.45, 7) is 1.25. The van der Waals surface area contributed by atoms with Crippen molar-refractivity contribution >= 4 is 23.5 Å². The lowest BCUT2D eigenvalue weighted by Crippen LogP contribution is -2.06. The molecule has 23 heavy (non-hydrogen) atoms. The van der Waals surface area contributed by atoms with Crippen LogP contribution in [0.25, 0.3) is 6.08 Å². The summed E-state index contributed by atoms with van der Waals surface area (Å²) in [5.74, 6) is -0.713. The quantitative estimate of drug-likeness (QED) is 0.211. The lowest BCUT2D eigenvalue weighted by molar-refractivity contribution is -0.384. The highest BCUT2D eigenvalue weighted by Crippen LogP contribution is 2.20. The summed E-state index contributed by atoms with van der Waals surface area (Å²) >= 11 is 0. The molecular formula is C17H13NO5. The molecule has 2 rings (SSSR count). The fourth-order valence-corrected chi connectivity index (χ4v) is 1.92. The van der Waals surface area contributed by atoms with E-state index in [1.54, 1.807) is 24.3 Å². The number of hydrogen-bond acceptors (Lipinski definition) is 5. The zero-order valence-electron chi connectivity index (χ0n) is 12.3. The number of ketones is 1. The van der Waals surface area contributed by atoms with Gasteiger partial charge in [-0.1, -0.05) is 30.3 Å². The average molecular weight is 311 g/mol. The fraction of sp³-hybridized carbons (Fsp3) is 0.0588. The molecular weight excluding hydrogens is 298 g/mol. The van der Waals surface area contributed by atoms with Crippen LogP contribution in [0.15, 0.2) is 54.6 Å². The molecule has 0 saturated carbocycles. The lowest BCUT2D eigenvalue weighted by Gasteiger charge is -2.05. The molecule has 0 aliphatic carbocycles. The Morgan fingerprint density at radius 1 is 1.13 bits per heavy atom. The molecule has 0 aliphatic rings. The Hall–Kier alpha value is -3.28. The highest BCUT2D eigenvalue weighted by Gasteiger charge is 2.11. The van der Waals surface area contributed by atoms with Crippen molar-refractivity contribution in [3.05, 3.63) is 75.8 Å². The van der Waals surface area contributed by atoms with E-state index in [0.717, 1.165) is 0 Å². The van der Waals surface area contributed by atoms with E-state index in [1.807, 2.05) is 0 Å². The predicted molar refractivity (Wildman–Crippen MR) is 84.2 cm³/mol. The minimum atomic E-state index is -0.520. The first kappa shape index (κ1) is 16.1. The van der Waals surface area contributed by atoms with Gasteiger partial charge < -0.3 is 4.74 Å². The number of non-ortho nitro benzene ring substituents is 1. The summed E-state index contributed by atoms with van der Waals surface area (Å²) in [6, 6.07) is 12.3. The van der Waals surface area contributed by atoms with Gasteiger partial charge in [0.1, 0.15) is 5.75 Å². The lowest BCUT2D eigenvalue weighted by atomic mass is 10.1. The molecule has 0 radical (unpaired) electrons. The Morgan fingerprint density at radius 2 is 1.87 bits per heavy atom. The first-order valence-corrected chi connectivity index (χ1v) is 6.71. The fourth-order valence-electron chi connectivity index (χ4n) is 1.92. The number of ether oxygens (including phenoxy) is 1. The topological polar surface area (TPSA) is 86.5 Å². The van der Waals surface area contributed by atoms with E-state index in [4.69, 9.17) is 4.74 Å². The number of nitrogens with zero attached hydrogens (tertiary/aromatic N) is 1. The zero-order chi connectivity index (χ0) is 16.8. The van der Waals surface area contributed by atoms with Gasteiger partial charge in [0, 0.05) is 19.1 Å². The summed E-state index contributed by atoms with van der Waals surface area (Å²) in [6.07, 6.45) is 2.75. The largest absolute Gasteiger partial charge is 0.426 e. The standard InChI is InChI=1S/C17H13NO5/c1-12(19)23-17-8-3-2-7-15(17)16(20)10-9-13-5-4-6-14(11-13)18(21)22/h2-11H,1H3/b10-9+. The third-order valence-electron chi connectivity index (χ3n) is 2.91. The number of nitro groups is 1. The summed E-state index contributed by atoms with van der Waals surface area (Å²) in [7, 11) is 0. The summed E-state index contributed by atoms with van der Waals surface area (Å²) < 4.78 is 4.99. The van der Waals surface area contributed by atoms with Crippen LogP contribution in [-0.4, -0.2) is 16.7 Å². The van der Waals surface area contributed by atoms with Gasteiger partial charge in [0.05, 0.1) is 10.5 Å². The summed E-state index contributed by atoms with van der Waals surface area (Å²) in [4.78, 5) is 33.5. The van der Waals surface area contributed by atoms with E-state index in [9.17, 15) is 19.7 Å². The molecule has 0 unspecified atom stereocenters. The molecule has 116 valence electrons. The Morgan fingerprint density at radius 3 is 2.57 bits per heavy atom. The van der Waals surface area contributed by atoms with Crippen molar-refractivity contribution in [2.24, 2.45) is 0 Å². The van der Waals surface area contributed by atoms with Gasteiger partial charge in [0.2, 0.25) is 0 Å². The van der Waals surface area contributed by atoms with Crippen LogP contribution >= 0.6 is 0 Å². The first-order valence-electron chi connectivity index (χ1n) is 6.71. The highest BCUT2D eigenvalue weighted by atomic mass is 16.6. The van der Waals surface area contributed by atoms with Crippen molar-refractivity contribution in [3.63, 3.8) is 0 Å².